The smallest absolute Gasteiger partial charge is 0.119 e. The first-order chi connectivity index (χ1) is 7.67. The standard InChI is InChI=1S/C14H21NO/c1-4-5-11(2)12(3)16-14-8-6-13(10-15)7-9-14/h6-12,15H,4-5H2,1-3H3. The maximum absolute atomic E-state index is 7.11. The van der Waals surface area contributed by atoms with Crippen LogP contribution in [0.3, 0.4) is 0 Å². The van der Waals surface area contributed by atoms with Crippen molar-refractivity contribution in [2.75, 3.05) is 0 Å². The lowest BCUT2D eigenvalue weighted by molar-refractivity contribution is 0.154. The van der Waals surface area contributed by atoms with Crippen molar-refractivity contribution in [3.8, 4) is 5.75 Å². The van der Waals surface area contributed by atoms with Crippen molar-refractivity contribution in [2.24, 2.45) is 5.92 Å². The average molecular weight is 219 g/mol. The van der Waals surface area contributed by atoms with E-state index < -0.39 is 0 Å². The van der Waals surface area contributed by atoms with Gasteiger partial charge in [-0.1, -0.05) is 20.3 Å². The molecular weight excluding hydrogens is 198 g/mol. The van der Waals surface area contributed by atoms with Gasteiger partial charge in [0.15, 0.2) is 0 Å². The van der Waals surface area contributed by atoms with Gasteiger partial charge in [0.1, 0.15) is 5.75 Å². The number of rotatable bonds is 6. The van der Waals surface area contributed by atoms with Gasteiger partial charge in [0.05, 0.1) is 6.10 Å². The normalized spacial score (nSPS) is 14.2. The van der Waals surface area contributed by atoms with Gasteiger partial charge in [0.2, 0.25) is 0 Å². The molecule has 1 aromatic rings. The van der Waals surface area contributed by atoms with Gasteiger partial charge in [0, 0.05) is 6.21 Å². The third kappa shape index (κ3) is 3.69. The monoisotopic (exact) mass is 219 g/mol. The van der Waals surface area contributed by atoms with E-state index in [4.69, 9.17) is 10.1 Å². The summed E-state index contributed by atoms with van der Waals surface area (Å²) in [6, 6.07) is 7.66. The van der Waals surface area contributed by atoms with Gasteiger partial charge in [-0.3, -0.25) is 0 Å². The number of hydrogen-bond acceptors (Lipinski definition) is 2. The van der Waals surface area contributed by atoms with Gasteiger partial charge in [-0.05, 0) is 49.1 Å². The summed E-state index contributed by atoms with van der Waals surface area (Å²) in [5.41, 5.74) is 0.904. The van der Waals surface area contributed by atoms with E-state index in [1.807, 2.05) is 24.3 Å². The molecule has 1 aromatic carbocycles. The van der Waals surface area contributed by atoms with E-state index in [0.29, 0.717) is 5.92 Å². The Kier molecular flexibility index (Phi) is 5.03. The highest BCUT2D eigenvalue weighted by Crippen LogP contribution is 2.18. The molecule has 2 atom stereocenters. The minimum absolute atomic E-state index is 0.241. The van der Waals surface area contributed by atoms with Crippen molar-refractivity contribution in [3.63, 3.8) is 0 Å². The highest BCUT2D eigenvalue weighted by molar-refractivity contribution is 5.76. The predicted molar refractivity (Wildman–Crippen MR) is 68.5 cm³/mol. The number of ether oxygens (including phenoxy) is 1. The molecule has 0 aliphatic carbocycles. The molecule has 0 amide bonds. The van der Waals surface area contributed by atoms with Crippen LogP contribution in [-0.2, 0) is 0 Å². The van der Waals surface area contributed by atoms with E-state index in [-0.39, 0.29) is 6.10 Å². The van der Waals surface area contributed by atoms with Gasteiger partial charge in [-0.15, -0.1) is 0 Å². The van der Waals surface area contributed by atoms with Crippen molar-refractivity contribution < 1.29 is 4.74 Å². The van der Waals surface area contributed by atoms with Gasteiger partial charge in [-0.2, -0.15) is 0 Å². The van der Waals surface area contributed by atoms with Crippen LogP contribution in [0.25, 0.3) is 0 Å². The molecule has 0 aliphatic rings. The van der Waals surface area contributed by atoms with E-state index in [2.05, 4.69) is 20.8 Å². The zero-order chi connectivity index (χ0) is 12.0. The van der Waals surface area contributed by atoms with Crippen LogP contribution in [-0.4, -0.2) is 12.3 Å². The molecule has 0 aromatic heterocycles. The summed E-state index contributed by atoms with van der Waals surface area (Å²) in [5, 5.41) is 7.11. The molecule has 0 heterocycles. The van der Waals surface area contributed by atoms with E-state index in [1.54, 1.807) is 0 Å². The molecule has 0 fully saturated rings. The summed E-state index contributed by atoms with van der Waals surface area (Å²) in [5.74, 6) is 1.47. The quantitative estimate of drug-likeness (QED) is 0.723. The molecule has 0 saturated heterocycles. The Morgan fingerprint density at radius 2 is 1.88 bits per heavy atom. The summed E-state index contributed by atoms with van der Waals surface area (Å²) in [6.07, 6.45) is 3.97. The van der Waals surface area contributed by atoms with Crippen LogP contribution in [0.1, 0.15) is 39.2 Å². The van der Waals surface area contributed by atoms with E-state index >= 15 is 0 Å². The fourth-order valence-corrected chi connectivity index (χ4v) is 1.66. The Morgan fingerprint density at radius 1 is 1.25 bits per heavy atom. The highest BCUT2D eigenvalue weighted by Gasteiger charge is 2.12. The SMILES string of the molecule is CCCC(C)C(C)Oc1ccc(C=N)cc1. The van der Waals surface area contributed by atoms with Crippen molar-refractivity contribution in [3.05, 3.63) is 29.8 Å². The summed E-state index contributed by atoms with van der Waals surface area (Å²) in [7, 11) is 0. The van der Waals surface area contributed by atoms with Crippen LogP contribution in [0.4, 0.5) is 0 Å². The second kappa shape index (κ2) is 6.31. The second-order valence-electron chi connectivity index (χ2n) is 4.30. The van der Waals surface area contributed by atoms with Crippen molar-refractivity contribution >= 4 is 6.21 Å². The van der Waals surface area contributed by atoms with Crippen molar-refractivity contribution in [1.29, 1.82) is 5.41 Å². The van der Waals surface area contributed by atoms with Crippen LogP contribution in [0.15, 0.2) is 24.3 Å². The van der Waals surface area contributed by atoms with Crippen LogP contribution < -0.4 is 4.74 Å². The largest absolute Gasteiger partial charge is 0.490 e. The van der Waals surface area contributed by atoms with Crippen LogP contribution in [0.5, 0.6) is 5.75 Å². The number of hydrogen-bond donors (Lipinski definition) is 1. The number of nitrogens with one attached hydrogen (secondary N) is 1. The van der Waals surface area contributed by atoms with Gasteiger partial charge in [-0.25, -0.2) is 0 Å². The molecule has 2 unspecified atom stereocenters. The molecule has 2 nitrogen and oxygen atoms in total. The molecule has 16 heavy (non-hydrogen) atoms. The second-order valence-corrected chi connectivity index (χ2v) is 4.30. The maximum atomic E-state index is 7.11. The maximum Gasteiger partial charge on any atom is 0.119 e. The van der Waals surface area contributed by atoms with E-state index in [1.165, 1.54) is 19.1 Å². The first-order valence-corrected chi connectivity index (χ1v) is 5.94. The highest BCUT2D eigenvalue weighted by atomic mass is 16.5. The lowest BCUT2D eigenvalue weighted by Crippen LogP contribution is -2.21. The first-order valence-electron chi connectivity index (χ1n) is 5.94. The third-order valence-corrected chi connectivity index (χ3v) is 2.91. The fourth-order valence-electron chi connectivity index (χ4n) is 1.66. The van der Waals surface area contributed by atoms with Crippen LogP contribution in [0.2, 0.25) is 0 Å². The minimum atomic E-state index is 0.241. The van der Waals surface area contributed by atoms with E-state index in [9.17, 15) is 0 Å². The summed E-state index contributed by atoms with van der Waals surface area (Å²) in [4.78, 5) is 0. The van der Waals surface area contributed by atoms with Gasteiger partial charge in [0.25, 0.3) is 0 Å². The Bertz CT molecular complexity index is 318. The van der Waals surface area contributed by atoms with Gasteiger partial charge < -0.3 is 10.1 Å². The topological polar surface area (TPSA) is 33.1 Å². The lowest BCUT2D eigenvalue weighted by atomic mass is 10.0. The zero-order valence-corrected chi connectivity index (χ0v) is 10.4. The molecule has 2 heteroatoms. The molecular formula is C14H21NO. The third-order valence-electron chi connectivity index (χ3n) is 2.91. The first kappa shape index (κ1) is 12.8. The molecule has 0 saturated carbocycles. The van der Waals surface area contributed by atoms with Crippen LogP contribution >= 0.6 is 0 Å². The Morgan fingerprint density at radius 3 is 2.38 bits per heavy atom. The van der Waals surface area contributed by atoms with Crippen molar-refractivity contribution in [2.45, 2.75) is 39.7 Å². The Balaban J connectivity index is 2.55. The molecule has 1 rings (SSSR count). The minimum Gasteiger partial charge on any atom is -0.490 e. The molecule has 88 valence electrons. The van der Waals surface area contributed by atoms with E-state index in [0.717, 1.165) is 11.3 Å². The predicted octanol–water partition coefficient (Wildman–Crippen LogP) is 3.89. The Hall–Kier alpha value is -1.31. The summed E-state index contributed by atoms with van der Waals surface area (Å²) in [6.45, 7) is 6.53. The average Bonchev–Trinajstić information content (AvgIpc) is 2.30. The van der Waals surface area contributed by atoms with Gasteiger partial charge >= 0.3 is 0 Å². The lowest BCUT2D eigenvalue weighted by Gasteiger charge is -2.21. The molecule has 0 spiro atoms. The molecule has 0 radical (unpaired) electrons. The Labute approximate surface area is 98.1 Å². The summed E-state index contributed by atoms with van der Waals surface area (Å²) >= 11 is 0. The number of benzene rings is 1. The van der Waals surface area contributed by atoms with Crippen LogP contribution in [0, 0.1) is 11.3 Å². The summed E-state index contributed by atoms with van der Waals surface area (Å²) < 4.78 is 5.85. The fraction of sp³-hybridized carbons (Fsp3) is 0.500. The molecule has 0 aliphatic heterocycles. The molecule has 0 bridgehead atoms. The zero-order valence-electron chi connectivity index (χ0n) is 10.4. The molecule has 1 N–H and O–H groups in total. The van der Waals surface area contributed by atoms with Crippen molar-refractivity contribution in [1.82, 2.24) is 0 Å².